The Morgan fingerprint density at radius 1 is 1.22 bits per heavy atom. The predicted molar refractivity (Wildman–Crippen MR) is 124 cm³/mol. The first kappa shape index (κ1) is 21.4. The van der Waals surface area contributed by atoms with Crippen LogP contribution in [-0.4, -0.2) is 29.3 Å². The number of hydrogen-bond acceptors (Lipinski definition) is 3. The van der Waals surface area contributed by atoms with Gasteiger partial charge in [0.15, 0.2) is 5.96 Å². The van der Waals surface area contributed by atoms with Gasteiger partial charge in [0.05, 0.1) is 6.54 Å². The van der Waals surface area contributed by atoms with E-state index in [0.29, 0.717) is 5.92 Å². The molecule has 3 rings (SSSR count). The van der Waals surface area contributed by atoms with Crippen molar-refractivity contribution in [1.29, 1.82) is 0 Å². The van der Waals surface area contributed by atoms with Gasteiger partial charge in [-0.05, 0) is 45.5 Å². The van der Waals surface area contributed by atoms with Gasteiger partial charge in [0.1, 0.15) is 0 Å². The van der Waals surface area contributed by atoms with Crippen LogP contribution in [0.3, 0.4) is 0 Å². The van der Waals surface area contributed by atoms with Gasteiger partial charge in [0.25, 0.3) is 0 Å². The fourth-order valence-electron chi connectivity index (χ4n) is 2.75. The van der Waals surface area contributed by atoms with Crippen molar-refractivity contribution < 1.29 is 0 Å². The van der Waals surface area contributed by atoms with Crippen LogP contribution in [0.25, 0.3) is 0 Å². The van der Waals surface area contributed by atoms with Gasteiger partial charge in [-0.3, -0.25) is 9.67 Å². The van der Waals surface area contributed by atoms with Crippen LogP contribution in [0.2, 0.25) is 0 Å². The Kier molecular flexibility index (Phi) is 8.80. The van der Waals surface area contributed by atoms with E-state index in [1.807, 2.05) is 16.9 Å². The Bertz CT molecular complexity index is 815. The SMILES string of the molecule is CN=C(NCc1cccc(Cn2cccn2)c1)NCC(C)c1ccsc1.I. The quantitative estimate of drug-likeness (QED) is 0.295. The Labute approximate surface area is 181 Å². The second-order valence-electron chi connectivity index (χ2n) is 6.29. The fraction of sp³-hybridized carbons (Fsp3) is 0.300. The van der Waals surface area contributed by atoms with Gasteiger partial charge in [-0.15, -0.1) is 24.0 Å². The van der Waals surface area contributed by atoms with Crippen molar-refractivity contribution in [1.82, 2.24) is 20.4 Å². The molecule has 1 unspecified atom stereocenters. The number of nitrogens with one attached hydrogen (secondary N) is 2. The van der Waals surface area contributed by atoms with E-state index < -0.39 is 0 Å². The summed E-state index contributed by atoms with van der Waals surface area (Å²) < 4.78 is 1.93. The van der Waals surface area contributed by atoms with E-state index in [1.165, 1.54) is 16.7 Å². The molecule has 1 atom stereocenters. The third kappa shape index (κ3) is 6.66. The lowest BCUT2D eigenvalue weighted by Crippen LogP contribution is -2.38. The van der Waals surface area contributed by atoms with Crippen LogP contribution < -0.4 is 10.6 Å². The van der Waals surface area contributed by atoms with Gasteiger partial charge in [0.2, 0.25) is 0 Å². The number of hydrogen-bond donors (Lipinski definition) is 2. The number of nitrogens with zero attached hydrogens (tertiary/aromatic N) is 3. The third-order valence-electron chi connectivity index (χ3n) is 4.27. The minimum absolute atomic E-state index is 0. The van der Waals surface area contributed by atoms with Crippen LogP contribution in [0.4, 0.5) is 0 Å². The Hall–Kier alpha value is -1.87. The highest BCUT2D eigenvalue weighted by Gasteiger charge is 2.07. The Balaban J connectivity index is 0.00000261. The summed E-state index contributed by atoms with van der Waals surface area (Å²) in [4.78, 5) is 4.32. The average molecular weight is 495 g/mol. The fourth-order valence-corrected chi connectivity index (χ4v) is 3.53. The molecular weight excluding hydrogens is 469 g/mol. The van der Waals surface area contributed by atoms with Crippen molar-refractivity contribution in [2.45, 2.75) is 25.9 Å². The number of guanidine groups is 1. The molecule has 2 aromatic heterocycles. The van der Waals surface area contributed by atoms with Crippen molar-refractivity contribution in [3.63, 3.8) is 0 Å². The van der Waals surface area contributed by atoms with Crippen molar-refractivity contribution in [2.24, 2.45) is 4.99 Å². The number of rotatable bonds is 7. The predicted octanol–water partition coefficient (Wildman–Crippen LogP) is 4.08. The molecule has 144 valence electrons. The molecule has 0 aliphatic heterocycles. The molecule has 3 aromatic rings. The molecule has 0 bridgehead atoms. The van der Waals surface area contributed by atoms with E-state index >= 15 is 0 Å². The normalized spacial score (nSPS) is 12.3. The first-order valence-corrected chi connectivity index (χ1v) is 9.70. The average Bonchev–Trinajstić information content (AvgIpc) is 3.36. The first-order chi connectivity index (χ1) is 12.7. The van der Waals surface area contributed by atoms with Gasteiger partial charge in [-0.2, -0.15) is 16.4 Å². The van der Waals surface area contributed by atoms with E-state index in [0.717, 1.165) is 25.6 Å². The van der Waals surface area contributed by atoms with E-state index in [-0.39, 0.29) is 24.0 Å². The molecule has 0 amide bonds. The minimum atomic E-state index is 0. The maximum atomic E-state index is 4.32. The maximum Gasteiger partial charge on any atom is 0.191 e. The molecule has 0 aliphatic rings. The monoisotopic (exact) mass is 495 g/mol. The summed E-state index contributed by atoms with van der Waals surface area (Å²) in [6, 6.07) is 12.7. The second kappa shape index (κ2) is 11.1. The summed E-state index contributed by atoms with van der Waals surface area (Å²) in [7, 11) is 1.80. The zero-order valence-corrected chi connectivity index (χ0v) is 18.8. The van der Waals surface area contributed by atoms with E-state index in [2.05, 4.69) is 68.7 Å². The first-order valence-electron chi connectivity index (χ1n) is 8.76. The largest absolute Gasteiger partial charge is 0.356 e. The van der Waals surface area contributed by atoms with Crippen LogP contribution in [0, 0.1) is 0 Å². The number of benzene rings is 1. The number of halogens is 1. The van der Waals surface area contributed by atoms with Gasteiger partial charge in [-0.1, -0.05) is 31.2 Å². The number of thiophene rings is 1. The molecule has 5 nitrogen and oxygen atoms in total. The summed E-state index contributed by atoms with van der Waals surface area (Å²) in [5, 5.41) is 15.4. The van der Waals surface area contributed by atoms with Crippen LogP contribution in [-0.2, 0) is 13.1 Å². The van der Waals surface area contributed by atoms with Crippen molar-refractivity contribution in [2.75, 3.05) is 13.6 Å². The topological polar surface area (TPSA) is 54.2 Å². The lowest BCUT2D eigenvalue weighted by molar-refractivity contribution is 0.684. The van der Waals surface area contributed by atoms with Gasteiger partial charge < -0.3 is 10.6 Å². The smallest absolute Gasteiger partial charge is 0.191 e. The minimum Gasteiger partial charge on any atom is -0.356 e. The molecule has 0 radical (unpaired) electrons. The molecule has 0 fully saturated rings. The zero-order chi connectivity index (χ0) is 18.2. The second-order valence-corrected chi connectivity index (χ2v) is 7.07. The molecule has 27 heavy (non-hydrogen) atoms. The van der Waals surface area contributed by atoms with Crippen molar-refractivity contribution in [3.8, 4) is 0 Å². The van der Waals surface area contributed by atoms with E-state index in [9.17, 15) is 0 Å². The van der Waals surface area contributed by atoms with Crippen molar-refractivity contribution in [3.05, 3.63) is 76.2 Å². The van der Waals surface area contributed by atoms with Gasteiger partial charge in [0, 0.05) is 32.5 Å². The zero-order valence-electron chi connectivity index (χ0n) is 15.6. The summed E-state index contributed by atoms with van der Waals surface area (Å²) in [5.74, 6) is 1.28. The highest BCUT2D eigenvalue weighted by Crippen LogP contribution is 2.17. The molecule has 1 aromatic carbocycles. The standard InChI is InChI=1S/C20H25N5S.HI/c1-16(19-7-10-26-15-19)12-22-20(21-2)23-13-17-5-3-6-18(11-17)14-25-9-4-8-24-25;/h3-11,15-16H,12-14H2,1-2H3,(H2,21,22,23);1H. The summed E-state index contributed by atoms with van der Waals surface area (Å²) >= 11 is 1.74. The third-order valence-corrected chi connectivity index (χ3v) is 4.97. The molecule has 7 heteroatoms. The number of aromatic nitrogens is 2. The van der Waals surface area contributed by atoms with Crippen LogP contribution in [0.1, 0.15) is 29.5 Å². The van der Waals surface area contributed by atoms with Crippen molar-refractivity contribution >= 4 is 41.3 Å². The van der Waals surface area contributed by atoms with E-state index in [4.69, 9.17) is 0 Å². The molecule has 2 heterocycles. The van der Waals surface area contributed by atoms with Crippen LogP contribution in [0.15, 0.2) is 64.5 Å². The molecule has 0 spiro atoms. The highest BCUT2D eigenvalue weighted by atomic mass is 127. The number of aliphatic imine (C=N–C) groups is 1. The molecule has 0 saturated heterocycles. The summed E-state index contributed by atoms with van der Waals surface area (Å²) in [6.07, 6.45) is 3.78. The Morgan fingerprint density at radius 3 is 2.78 bits per heavy atom. The van der Waals surface area contributed by atoms with Gasteiger partial charge in [-0.25, -0.2) is 0 Å². The molecular formula is C20H26IN5S. The maximum absolute atomic E-state index is 4.32. The molecule has 0 aliphatic carbocycles. The highest BCUT2D eigenvalue weighted by molar-refractivity contribution is 14.0. The molecule has 0 saturated carbocycles. The van der Waals surface area contributed by atoms with Gasteiger partial charge >= 0.3 is 0 Å². The summed E-state index contributed by atoms with van der Waals surface area (Å²) in [6.45, 7) is 4.60. The summed E-state index contributed by atoms with van der Waals surface area (Å²) in [5.41, 5.74) is 3.83. The Morgan fingerprint density at radius 2 is 2.07 bits per heavy atom. The molecule has 2 N–H and O–H groups in total. The lowest BCUT2D eigenvalue weighted by atomic mass is 10.1. The van der Waals surface area contributed by atoms with Crippen LogP contribution in [0.5, 0.6) is 0 Å². The lowest BCUT2D eigenvalue weighted by Gasteiger charge is -2.15. The van der Waals surface area contributed by atoms with E-state index in [1.54, 1.807) is 24.6 Å². The van der Waals surface area contributed by atoms with Crippen LogP contribution >= 0.6 is 35.3 Å².